The largest absolute Gasteiger partial charge is 0.379 e. The Bertz CT molecular complexity index is 496. The summed E-state index contributed by atoms with van der Waals surface area (Å²) in [7, 11) is 0. The number of nitrogens with one attached hydrogen (secondary N) is 1. The van der Waals surface area contributed by atoms with E-state index in [-0.39, 0.29) is 11.4 Å². The number of thioether (sulfide) groups is 1. The Morgan fingerprint density at radius 1 is 1.26 bits per heavy atom. The van der Waals surface area contributed by atoms with E-state index in [0.717, 1.165) is 32.1 Å². The number of aryl methyl sites for hydroxylation is 1. The van der Waals surface area contributed by atoms with Crippen LogP contribution in [0.3, 0.4) is 0 Å². The van der Waals surface area contributed by atoms with Gasteiger partial charge in [-0.25, -0.2) is 0 Å². The first-order valence-electron chi connectivity index (χ1n) is 8.26. The number of amides is 1. The zero-order chi connectivity index (χ0) is 16.7. The third-order valence-corrected chi connectivity index (χ3v) is 5.22. The van der Waals surface area contributed by atoms with Gasteiger partial charge >= 0.3 is 0 Å². The Morgan fingerprint density at radius 2 is 1.91 bits per heavy atom. The second kappa shape index (κ2) is 8.71. The van der Waals surface area contributed by atoms with Crippen LogP contribution in [0.4, 0.5) is 0 Å². The van der Waals surface area contributed by atoms with Crippen molar-refractivity contribution in [2.45, 2.75) is 37.6 Å². The van der Waals surface area contributed by atoms with Crippen LogP contribution in [0.1, 0.15) is 25.8 Å². The van der Waals surface area contributed by atoms with Crippen LogP contribution in [0.2, 0.25) is 0 Å². The molecule has 4 nitrogen and oxygen atoms in total. The molecule has 0 atom stereocenters. The first kappa shape index (κ1) is 18.3. The first-order chi connectivity index (χ1) is 11.0. The Balaban J connectivity index is 1.67. The average Bonchev–Trinajstić information content (AvgIpc) is 2.56. The van der Waals surface area contributed by atoms with Gasteiger partial charge in [-0.2, -0.15) is 0 Å². The van der Waals surface area contributed by atoms with Gasteiger partial charge in [-0.1, -0.05) is 17.7 Å². The van der Waals surface area contributed by atoms with Crippen molar-refractivity contribution in [3.05, 3.63) is 29.8 Å². The summed E-state index contributed by atoms with van der Waals surface area (Å²) >= 11 is 1.73. The van der Waals surface area contributed by atoms with Gasteiger partial charge in [-0.3, -0.25) is 9.69 Å². The molecule has 1 N–H and O–H groups in total. The second-order valence-electron chi connectivity index (χ2n) is 6.60. The zero-order valence-corrected chi connectivity index (χ0v) is 15.2. The van der Waals surface area contributed by atoms with Gasteiger partial charge in [0.05, 0.1) is 13.2 Å². The van der Waals surface area contributed by atoms with Crippen LogP contribution in [0.5, 0.6) is 0 Å². The molecule has 128 valence electrons. The molecule has 1 saturated heterocycles. The Labute approximate surface area is 144 Å². The van der Waals surface area contributed by atoms with E-state index in [2.05, 4.69) is 55.3 Å². The summed E-state index contributed by atoms with van der Waals surface area (Å²) in [5.74, 6) is 0.943. The van der Waals surface area contributed by atoms with Gasteiger partial charge in [0.1, 0.15) is 0 Å². The van der Waals surface area contributed by atoms with Gasteiger partial charge in [0.15, 0.2) is 0 Å². The number of nitrogens with zero attached hydrogens (tertiary/aromatic N) is 1. The lowest BCUT2D eigenvalue weighted by Crippen LogP contribution is -2.55. The minimum absolute atomic E-state index is 0.0243. The lowest BCUT2D eigenvalue weighted by atomic mass is 10.0. The molecule has 5 heteroatoms. The van der Waals surface area contributed by atoms with Crippen LogP contribution in [0, 0.1) is 6.92 Å². The van der Waals surface area contributed by atoms with Gasteiger partial charge in [0.25, 0.3) is 0 Å². The topological polar surface area (TPSA) is 41.6 Å². The van der Waals surface area contributed by atoms with Crippen LogP contribution in [0.15, 0.2) is 29.2 Å². The highest BCUT2D eigenvalue weighted by atomic mass is 32.2. The molecule has 0 aliphatic carbocycles. The molecule has 1 aliphatic heterocycles. The molecule has 23 heavy (non-hydrogen) atoms. The van der Waals surface area contributed by atoms with E-state index in [1.807, 2.05) is 0 Å². The zero-order valence-electron chi connectivity index (χ0n) is 14.4. The summed E-state index contributed by atoms with van der Waals surface area (Å²) in [5, 5.41) is 3.08. The third-order valence-electron chi connectivity index (χ3n) is 4.20. The minimum Gasteiger partial charge on any atom is -0.379 e. The fraction of sp³-hybridized carbons (Fsp3) is 0.611. The summed E-state index contributed by atoms with van der Waals surface area (Å²) in [6.07, 6.45) is 0.553. The fourth-order valence-electron chi connectivity index (χ4n) is 2.58. The number of carbonyl (C=O) groups excluding carboxylic acids is 1. The standard InChI is InChI=1S/C18H28N2O2S/c1-15-4-6-16(7-5-15)23-13-8-17(21)19-14-18(2,3)20-9-11-22-12-10-20/h4-7H,8-14H2,1-3H3,(H,19,21). The number of benzene rings is 1. The summed E-state index contributed by atoms with van der Waals surface area (Å²) in [6.45, 7) is 10.6. The van der Waals surface area contributed by atoms with E-state index in [9.17, 15) is 4.79 Å². The molecule has 0 saturated carbocycles. The Hall–Kier alpha value is -1.04. The van der Waals surface area contributed by atoms with E-state index in [0.29, 0.717) is 13.0 Å². The maximum atomic E-state index is 12.0. The molecular formula is C18H28N2O2S. The average molecular weight is 337 g/mol. The predicted octanol–water partition coefficient (Wildman–Crippen LogP) is 2.70. The molecule has 1 amide bonds. The van der Waals surface area contributed by atoms with Crippen LogP contribution in [-0.4, -0.2) is 54.9 Å². The number of rotatable bonds is 7. The molecule has 2 rings (SSSR count). The number of hydrogen-bond donors (Lipinski definition) is 1. The molecule has 0 spiro atoms. The second-order valence-corrected chi connectivity index (χ2v) is 7.77. The van der Waals surface area contributed by atoms with Crippen LogP contribution in [0.25, 0.3) is 0 Å². The molecule has 0 radical (unpaired) electrons. The highest BCUT2D eigenvalue weighted by Crippen LogP contribution is 2.19. The van der Waals surface area contributed by atoms with E-state index in [4.69, 9.17) is 4.74 Å². The summed E-state index contributed by atoms with van der Waals surface area (Å²) < 4.78 is 5.39. The number of carbonyl (C=O) groups is 1. The van der Waals surface area contributed by atoms with Gasteiger partial charge < -0.3 is 10.1 Å². The predicted molar refractivity (Wildman–Crippen MR) is 96.0 cm³/mol. The molecule has 1 aromatic carbocycles. The molecule has 1 aliphatic rings. The van der Waals surface area contributed by atoms with Gasteiger partial charge in [0.2, 0.25) is 5.91 Å². The third kappa shape index (κ3) is 6.16. The fourth-order valence-corrected chi connectivity index (χ4v) is 3.43. The lowest BCUT2D eigenvalue weighted by molar-refractivity contribution is -0.121. The number of ether oxygens (including phenoxy) is 1. The van der Waals surface area contributed by atoms with E-state index in [1.165, 1.54) is 10.5 Å². The summed E-state index contributed by atoms with van der Waals surface area (Å²) in [4.78, 5) is 15.7. The molecule has 1 aromatic rings. The Kier molecular flexibility index (Phi) is 6.93. The SMILES string of the molecule is Cc1ccc(SCCC(=O)NCC(C)(C)N2CCOCC2)cc1. The lowest BCUT2D eigenvalue weighted by Gasteiger charge is -2.40. The molecule has 0 aromatic heterocycles. The van der Waals surface area contributed by atoms with E-state index < -0.39 is 0 Å². The van der Waals surface area contributed by atoms with Gasteiger partial charge in [0, 0.05) is 42.2 Å². The summed E-state index contributed by atoms with van der Waals surface area (Å²) in [6, 6.07) is 8.43. The van der Waals surface area contributed by atoms with Crippen molar-refractivity contribution in [1.29, 1.82) is 0 Å². The molecule has 1 heterocycles. The highest BCUT2D eigenvalue weighted by molar-refractivity contribution is 7.99. The molecular weight excluding hydrogens is 308 g/mol. The monoisotopic (exact) mass is 336 g/mol. The van der Waals surface area contributed by atoms with Crippen molar-refractivity contribution in [1.82, 2.24) is 10.2 Å². The van der Waals surface area contributed by atoms with Crippen molar-refractivity contribution in [3.63, 3.8) is 0 Å². The quantitative estimate of drug-likeness (QED) is 0.778. The first-order valence-corrected chi connectivity index (χ1v) is 9.25. The van der Waals surface area contributed by atoms with Crippen LogP contribution in [-0.2, 0) is 9.53 Å². The van der Waals surface area contributed by atoms with Crippen LogP contribution >= 0.6 is 11.8 Å². The van der Waals surface area contributed by atoms with E-state index >= 15 is 0 Å². The molecule has 0 unspecified atom stereocenters. The van der Waals surface area contributed by atoms with E-state index in [1.54, 1.807) is 11.8 Å². The maximum Gasteiger partial charge on any atom is 0.220 e. The molecule has 1 fully saturated rings. The highest BCUT2D eigenvalue weighted by Gasteiger charge is 2.28. The summed E-state index contributed by atoms with van der Waals surface area (Å²) in [5.41, 5.74) is 1.24. The van der Waals surface area contributed by atoms with Gasteiger partial charge in [-0.15, -0.1) is 11.8 Å². The van der Waals surface area contributed by atoms with Crippen molar-refractivity contribution in [3.8, 4) is 0 Å². The van der Waals surface area contributed by atoms with Crippen molar-refractivity contribution >= 4 is 17.7 Å². The normalized spacial score (nSPS) is 16.3. The Morgan fingerprint density at radius 3 is 2.57 bits per heavy atom. The smallest absolute Gasteiger partial charge is 0.220 e. The van der Waals surface area contributed by atoms with Crippen molar-refractivity contribution in [2.24, 2.45) is 0 Å². The van der Waals surface area contributed by atoms with Gasteiger partial charge in [-0.05, 0) is 32.9 Å². The molecule has 0 bridgehead atoms. The van der Waals surface area contributed by atoms with Crippen LogP contribution < -0.4 is 5.32 Å². The van der Waals surface area contributed by atoms with Crippen molar-refractivity contribution < 1.29 is 9.53 Å². The number of morpholine rings is 1. The maximum absolute atomic E-state index is 12.0. The number of hydrogen-bond acceptors (Lipinski definition) is 4. The van der Waals surface area contributed by atoms with Crippen molar-refractivity contribution in [2.75, 3.05) is 38.6 Å². The minimum atomic E-state index is -0.0243.